The van der Waals surface area contributed by atoms with Crippen LogP contribution in [0.3, 0.4) is 0 Å². The van der Waals surface area contributed by atoms with Crippen LogP contribution in [0.25, 0.3) is 5.82 Å². The molecule has 0 fully saturated rings. The van der Waals surface area contributed by atoms with E-state index in [9.17, 15) is 0 Å². The fourth-order valence-corrected chi connectivity index (χ4v) is 2.36. The third kappa shape index (κ3) is 2.18. The Balaban J connectivity index is 2.59. The summed E-state index contributed by atoms with van der Waals surface area (Å²) >= 11 is 0. The lowest BCUT2D eigenvalue weighted by molar-refractivity contribution is 0.672. The Morgan fingerprint density at radius 3 is 2.44 bits per heavy atom. The molecule has 98 valence electrons. The molecule has 0 amide bonds. The van der Waals surface area contributed by atoms with E-state index >= 15 is 0 Å². The molecule has 0 aliphatic carbocycles. The van der Waals surface area contributed by atoms with Gasteiger partial charge in [0.05, 0.1) is 11.4 Å². The first-order valence-electron chi connectivity index (χ1n) is 6.22. The molecular weight excluding hydrogens is 226 g/mol. The number of aromatic nitrogens is 4. The molecule has 0 aliphatic heterocycles. The van der Waals surface area contributed by atoms with Crippen LogP contribution in [-0.2, 0) is 13.5 Å². The molecule has 0 saturated heterocycles. The van der Waals surface area contributed by atoms with Crippen molar-refractivity contribution >= 4 is 0 Å². The van der Waals surface area contributed by atoms with Crippen molar-refractivity contribution in [1.29, 1.82) is 0 Å². The highest BCUT2D eigenvalue weighted by Gasteiger charge is 2.18. The average molecular weight is 247 g/mol. The van der Waals surface area contributed by atoms with Gasteiger partial charge in [0.1, 0.15) is 0 Å². The SMILES string of the molecule is Cc1cc(C)n(-c2c(CC(C)N)c(C)nn2C)n1. The van der Waals surface area contributed by atoms with E-state index in [4.69, 9.17) is 5.73 Å². The molecule has 0 aliphatic rings. The third-order valence-corrected chi connectivity index (χ3v) is 3.05. The average Bonchev–Trinajstić information content (AvgIpc) is 2.68. The summed E-state index contributed by atoms with van der Waals surface area (Å²) < 4.78 is 3.83. The summed E-state index contributed by atoms with van der Waals surface area (Å²) in [5, 5.41) is 9.03. The topological polar surface area (TPSA) is 61.7 Å². The van der Waals surface area contributed by atoms with Crippen LogP contribution in [-0.4, -0.2) is 25.6 Å². The first-order chi connectivity index (χ1) is 8.40. The van der Waals surface area contributed by atoms with Crippen molar-refractivity contribution in [3.05, 3.63) is 28.7 Å². The van der Waals surface area contributed by atoms with E-state index in [1.165, 1.54) is 5.56 Å². The number of hydrogen-bond acceptors (Lipinski definition) is 3. The largest absolute Gasteiger partial charge is 0.328 e. The van der Waals surface area contributed by atoms with Crippen molar-refractivity contribution in [3.8, 4) is 5.82 Å². The second kappa shape index (κ2) is 4.57. The van der Waals surface area contributed by atoms with E-state index < -0.39 is 0 Å². The fraction of sp³-hybridized carbons (Fsp3) is 0.538. The molecule has 2 aromatic heterocycles. The maximum absolute atomic E-state index is 5.93. The van der Waals surface area contributed by atoms with Crippen LogP contribution in [0.1, 0.15) is 29.6 Å². The molecule has 2 N–H and O–H groups in total. The summed E-state index contributed by atoms with van der Waals surface area (Å²) in [6, 6.07) is 2.18. The van der Waals surface area contributed by atoms with Crippen LogP contribution in [0.4, 0.5) is 0 Å². The molecule has 0 spiro atoms. The van der Waals surface area contributed by atoms with Gasteiger partial charge in [0, 0.05) is 24.3 Å². The van der Waals surface area contributed by atoms with Gasteiger partial charge in [-0.15, -0.1) is 0 Å². The van der Waals surface area contributed by atoms with Crippen LogP contribution < -0.4 is 5.73 Å². The molecule has 0 aromatic carbocycles. The Labute approximate surface area is 108 Å². The van der Waals surface area contributed by atoms with Crippen LogP contribution in [0.2, 0.25) is 0 Å². The van der Waals surface area contributed by atoms with Gasteiger partial charge in [-0.3, -0.25) is 4.68 Å². The van der Waals surface area contributed by atoms with Crippen molar-refractivity contribution in [3.63, 3.8) is 0 Å². The summed E-state index contributed by atoms with van der Waals surface area (Å²) in [5.41, 5.74) is 10.3. The van der Waals surface area contributed by atoms with Gasteiger partial charge in [0.25, 0.3) is 0 Å². The maximum Gasteiger partial charge on any atom is 0.155 e. The number of nitrogens with two attached hydrogens (primary N) is 1. The molecule has 2 heterocycles. The Kier molecular flexibility index (Phi) is 3.26. The van der Waals surface area contributed by atoms with E-state index in [0.717, 1.165) is 29.3 Å². The maximum atomic E-state index is 5.93. The highest BCUT2D eigenvalue weighted by atomic mass is 15.4. The van der Waals surface area contributed by atoms with Gasteiger partial charge in [-0.25, -0.2) is 4.68 Å². The van der Waals surface area contributed by atoms with Crippen molar-refractivity contribution in [1.82, 2.24) is 19.6 Å². The van der Waals surface area contributed by atoms with E-state index in [1.807, 2.05) is 37.2 Å². The monoisotopic (exact) mass is 247 g/mol. The van der Waals surface area contributed by atoms with E-state index in [0.29, 0.717) is 0 Å². The summed E-state index contributed by atoms with van der Waals surface area (Å²) in [6.45, 7) is 8.08. The molecule has 1 atom stereocenters. The van der Waals surface area contributed by atoms with Crippen LogP contribution in [0, 0.1) is 20.8 Å². The Morgan fingerprint density at radius 2 is 1.94 bits per heavy atom. The third-order valence-electron chi connectivity index (χ3n) is 3.05. The highest BCUT2D eigenvalue weighted by molar-refractivity contribution is 5.39. The highest BCUT2D eigenvalue weighted by Crippen LogP contribution is 2.20. The first-order valence-corrected chi connectivity index (χ1v) is 6.22. The normalized spacial score (nSPS) is 13.0. The molecule has 2 aromatic rings. The van der Waals surface area contributed by atoms with Gasteiger partial charge in [-0.2, -0.15) is 10.2 Å². The zero-order valence-electron chi connectivity index (χ0n) is 11.7. The number of aryl methyl sites for hydroxylation is 4. The number of rotatable bonds is 3. The minimum absolute atomic E-state index is 0.114. The van der Waals surface area contributed by atoms with Crippen molar-refractivity contribution in [2.24, 2.45) is 12.8 Å². The zero-order valence-corrected chi connectivity index (χ0v) is 11.7. The minimum Gasteiger partial charge on any atom is -0.328 e. The van der Waals surface area contributed by atoms with Gasteiger partial charge < -0.3 is 5.73 Å². The Morgan fingerprint density at radius 1 is 1.28 bits per heavy atom. The molecule has 0 saturated carbocycles. The van der Waals surface area contributed by atoms with Crippen LogP contribution in [0.15, 0.2) is 6.07 Å². The van der Waals surface area contributed by atoms with Crippen molar-refractivity contribution < 1.29 is 0 Å². The Bertz CT molecular complexity index is 562. The molecule has 1 unspecified atom stereocenters. The van der Waals surface area contributed by atoms with Crippen LogP contribution in [0.5, 0.6) is 0 Å². The van der Waals surface area contributed by atoms with Gasteiger partial charge in [-0.05, 0) is 40.2 Å². The van der Waals surface area contributed by atoms with Crippen molar-refractivity contribution in [2.45, 2.75) is 40.2 Å². The zero-order chi connectivity index (χ0) is 13.4. The van der Waals surface area contributed by atoms with E-state index in [1.54, 1.807) is 0 Å². The van der Waals surface area contributed by atoms with Gasteiger partial charge >= 0.3 is 0 Å². The Hall–Kier alpha value is -1.62. The standard InChI is InChI=1S/C13H21N5/c1-8(14)6-12-11(4)16-17(5)13(12)18-10(3)7-9(2)15-18/h7-8H,6,14H2,1-5H3. The van der Waals surface area contributed by atoms with E-state index in [2.05, 4.69) is 23.2 Å². The van der Waals surface area contributed by atoms with Gasteiger partial charge in [0.15, 0.2) is 5.82 Å². The molecule has 5 heteroatoms. The number of nitrogens with zero attached hydrogens (tertiary/aromatic N) is 4. The summed E-state index contributed by atoms with van der Waals surface area (Å²) in [4.78, 5) is 0. The molecule has 0 bridgehead atoms. The predicted octanol–water partition coefficient (Wildman–Crippen LogP) is 1.42. The predicted molar refractivity (Wildman–Crippen MR) is 71.9 cm³/mol. The fourth-order valence-electron chi connectivity index (χ4n) is 2.36. The lowest BCUT2D eigenvalue weighted by Crippen LogP contribution is -2.20. The molecular formula is C13H21N5. The second-order valence-electron chi connectivity index (χ2n) is 5.03. The van der Waals surface area contributed by atoms with Gasteiger partial charge in [0.2, 0.25) is 0 Å². The molecule has 2 rings (SSSR count). The van der Waals surface area contributed by atoms with E-state index in [-0.39, 0.29) is 6.04 Å². The molecule has 18 heavy (non-hydrogen) atoms. The lowest BCUT2D eigenvalue weighted by atomic mass is 10.1. The quantitative estimate of drug-likeness (QED) is 0.892. The summed E-state index contributed by atoms with van der Waals surface area (Å²) in [6.07, 6.45) is 0.813. The lowest BCUT2D eigenvalue weighted by Gasteiger charge is -2.10. The van der Waals surface area contributed by atoms with Gasteiger partial charge in [-0.1, -0.05) is 0 Å². The first kappa shape index (κ1) is 12.8. The van der Waals surface area contributed by atoms with Crippen molar-refractivity contribution in [2.75, 3.05) is 0 Å². The second-order valence-corrected chi connectivity index (χ2v) is 5.03. The van der Waals surface area contributed by atoms with Crippen LogP contribution >= 0.6 is 0 Å². The summed E-state index contributed by atoms with van der Waals surface area (Å²) in [5.74, 6) is 1.02. The smallest absolute Gasteiger partial charge is 0.155 e. The molecule has 0 radical (unpaired) electrons. The summed E-state index contributed by atoms with van der Waals surface area (Å²) in [7, 11) is 1.95. The minimum atomic E-state index is 0.114. The molecule has 5 nitrogen and oxygen atoms in total. The number of hydrogen-bond donors (Lipinski definition) is 1.